The van der Waals surface area contributed by atoms with Crippen molar-refractivity contribution >= 4 is 23.3 Å². The summed E-state index contributed by atoms with van der Waals surface area (Å²) < 4.78 is 13.0. The Labute approximate surface area is 90.5 Å². The van der Waals surface area contributed by atoms with Crippen molar-refractivity contribution in [3.05, 3.63) is 42.3 Å². The topological polar surface area (TPSA) is 24.9 Å². The molecule has 1 N–H and O–H groups in total. The molecule has 0 spiro atoms. The predicted octanol–water partition coefficient (Wildman–Crippen LogP) is 3.43. The Bertz CT molecular complexity index is 528. The Morgan fingerprint density at radius 3 is 3.07 bits per heavy atom. The number of anilines is 2. The van der Waals surface area contributed by atoms with Gasteiger partial charge in [-0.05, 0) is 30.3 Å². The Hall–Kier alpha value is -1.55. The van der Waals surface area contributed by atoms with Crippen LogP contribution in [0.5, 0.6) is 0 Å². The minimum Gasteiger partial charge on any atom is -0.338 e. The molecule has 2 heterocycles. The third-order valence-electron chi connectivity index (χ3n) is 2.19. The molecule has 15 heavy (non-hydrogen) atoms. The van der Waals surface area contributed by atoms with E-state index in [1.54, 1.807) is 12.3 Å². The molecule has 1 aromatic heterocycles. The number of halogens is 1. The largest absolute Gasteiger partial charge is 0.338 e. The Morgan fingerprint density at radius 1 is 1.20 bits per heavy atom. The lowest BCUT2D eigenvalue weighted by atomic mass is 10.3. The molecule has 4 heteroatoms. The number of fused-ring (bicyclic) bond motifs is 2. The maximum absolute atomic E-state index is 13.0. The van der Waals surface area contributed by atoms with Gasteiger partial charge in [-0.2, -0.15) is 0 Å². The van der Waals surface area contributed by atoms with Gasteiger partial charge < -0.3 is 5.32 Å². The van der Waals surface area contributed by atoms with E-state index in [0.717, 1.165) is 21.3 Å². The van der Waals surface area contributed by atoms with E-state index in [-0.39, 0.29) is 5.82 Å². The van der Waals surface area contributed by atoms with Gasteiger partial charge in [0.15, 0.2) is 0 Å². The van der Waals surface area contributed by atoms with Crippen molar-refractivity contribution in [2.45, 2.75) is 9.79 Å². The molecular formula is C11H7FN2S. The highest BCUT2D eigenvalue weighted by molar-refractivity contribution is 7.99. The monoisotopic (exact) mass is 218 g/mol. The molecule has 2 aromatic rings. The molecule has 1 aliphatic rings. The van der Waals surface area contributed by atoms with Crippen LogP contribution in [0.2, 0.25) is 0 Å². The lowest BCUT2D eigenvalue weighted by Crippen LogP contribution is -2.01. The quantitative estimate of drug-likeness (QED) is 0.625. The lowest BCUT2D eigenvalue weighted by Gasteiger charge is -2.19. The molecule has 2 nitrogen and oxygen atoms in total. The number of nitrogens with zero attached hydrogens (tertiary/aromatic N) is 1. The van der Waals surface area contributed by atoms with Crippen LogP contribution in [0.15, 0.2) is 46.3 Å². The summed E-state index contributed by atoms with van der Waals surface area (Å²) in [6, 6.07) is 8.55. The molecule has 0 radical (unpaired) electrons. The van der Waals surface area contributed by atoms with Gasteiger partial charge in [-0.1, -0.05) is 11.8 Å². The smallest absolute Gasteiger partial charge is 0.144 e. The van der Waals surface area contributed by atoms with E-state index < -0.39 is 0 Å². The summed E-state index contributed by atoms with van der Waals surface area (Å²) in [6.07, 6.45) is 1.74. The van der Waals surface area contributed by atoms with Gasteiger partial charge in [-0.3, -0.25) is 0 Å². The van der Waals surface area contributed by atoms with Crippen molar-refractivity contribution in [2.75, 3.05) is 5.32 Å². The zero-order valence-corrected chi connectivity index (χ0v) is 8.51. The van der Waals surface area contributed by atoms with Gasteiger partial charge in [0.1, 0.15) is 11.6 Å². The van der Waals surface area contributed by atoms with E-state index in [2.05, 4.69) is 10.3 Å². The molecule has 0 amide bonds. The molecule has 1 aliphatic heterocycles. The van der Waals surface area contributed by atoms with Gasteiger partial charge in [0.25, 0.3) is 0 Å². The van der Waals surface area contributed by atoms with Gasteiger partial charge in [-0.15, -0.1) is 0 Å². The number of benzene rings is 1. The molecule has 3 rings (SSSR count). The van der Waals surface area contributed by atoms with Crippen LogP contribution in [0.4, 0.5) is 15.9 Å². The summed E-state index contributed by atoms with van der Waals surface area (Å²) in [7, 11) is 0. The summed E-state index contributed by atoms with van der Waals surface area (Å²) in [5.74, 6) is 0.622. The molecule has 0 saturated carbocycles. The van der Waals surface area contributed by atoms with E-state index >= 15 is 0 Å². The van der Waals surface area contributed by atoms with Crippen LogP contribution in [0.3, 0.4) is 0 Å². The van der Waals surface area contributed by atoms with Crippen LogP contribution in [-0.2, 0) is 0 Å². The summed E-state index contributed by atoms with van der Waals surface area (Å²) in [4.78, 5) is 6.14. The van der Waals surface area contributed by atoms with Crippen molar-refractivity contribution in [1.82, 2.24) is 4.98 Å². The Morgan fingerprint density at radius 2 is 2.13 bits per heavy atom. The van der Waals surface area contributed by atoms with Gasteiger partial charge >= 0.3 is 0 Å². The van der Waals surface area contributed by atoms with Crippen molar-refractivity contribution in [2.24, 2.45) is 0 Å². The van der Waals surface area contributed by atoms with Crippen molar-refractivity contribution in [3.8, 4) is 0 Å². The number of nitrogens with one attached hydrogen (secondary N) is 1. The standard InChI is InChI=1S/C11H7FN2S/c12-7-3-4-8-10(6-7)15-9-2-1-5-13-11(9)14-8/h1-6H,(H,13,14). The highest BCUT2D eigenvalue weighted by Gasteiger charge is 2.16. The van der Waals surface area contributed by atoms with Crippen LogP contribution in [-0.4, -0.2) is 4.98 Å². The van der Waals surface area contributed by atoms with Crippen LogP contribution >= 0.6 is 11.8 Å². The van der Waals surface area contributed by atoms with E-state index in [4.69, 9.17) is 0 Å². The van der Waals surface area contributed by atoms with E-state index in [1.165, 1.54) is 23.9 Å². The number of pyridine rings is 1. The highest BCUT2D eigenvalue weighted by Crippen LogP contribution is 2.42. The van der Waals surface area contributed by atoms with E-state index in [9.17, 15) is 4.39 Å². The normalized spacial score (nSPS) is 12.6. The summed E-state index contributed by atoms with van der Waals surface area (Å²) in [5.41, 5.74) is 0.910. The average molecular weight is 218 g/mol. The number of rotatable bonds is 0. The maximum atomic E-state index is 13.0. The lowest BCUT2D eigenvalue weighted by molar-refractivity contribution is 0.624. The second-order valence-electron chi connectivity index (χ2n) is 3.22. The summed E-state index contributed by atoms with van der Waals surface area (Å²) >= 11 is 1.53. The van der Waals surface area contributed by atoms with Gasteiger partial charge in [0, 0.05) is 11.1 Å². The molecule has 74 valence electrons. The first-order valence-corrected chi connectivity index (χ1v) is 5.34. The van der Waals surface area contributed by atoms with Gasteiger partial charge in [-0.25, -0.2) is 9.37 Å². The van der Waals surface area contributed by atoms with Crippen molar-refractivity contribution in [3.63, 3.8) is 0 Å². The summed E-state index contributed by atoms with van der Waals surface area (Å²) in [5, 5.41) is 3.17. The van der Waals surface area contributed by atoms with E-state index in [0.29, 0.717) is 0 Å². The Balaban J connectivity index is 2.11. The van der Waals surface area contributed by atoms with Crippen molar-refractivity contribution < 1.29 is 4.39 Å². The molecule has 1 aromatic carbocycles. The Kier molecular flexibility index (Phi) is 1.89. The molecule has 0 saturated heterocycles. The number of aromatic nitrogens is 1. The molecule has 0 atom stereocenters. The van der Waals surface area contributed by atoms with Crippen LogP contribution < -0.4 is 5.32 Å². The number of hydrogen-bond acceptors (Lipinski definition) is 3. The fraction of sp³-hybridized carbons (Fsp3) is 0. The van der Waals surface area contributed by atoms with Crippen LogP contribution in [0.1, 0.15) is 0 Å². The molecule has 0 fully saturated rings. The SMILES string of the molecule is Fc1ccc2c(c1)Sc1cccnc1N2. The predicted molar refractivity (Wildman–Crippen MR) is 58.0 cm³/mol. The first kappa shape index (κ1) is 8.73. The van der Waals surface area contributed by atoms with E-state index in [1.807, 2.05) is 12.1 Å². The van der Waals surface area contributed by atoms with Crippen LogP contribution in [0.25, 0.3) is 0 Å². The van der Waals surface area contributed by atoms with Crippen LogP contribution in [0, 0.1) is 5.82 Å². The van der Waals surface area contributed by atoms with Gasteiger partial charge in [0.05, 0.1) is 10.6 Å². The minimum atomic E-state index is -0.213. The molecule has 0 bridgehead atoms. The van der Waals surface area contributed by atoms with Crippen molar-refractivity contribution in [1.29, 1.82) is 0 Å². The fourth-order valence-corrected chi connectivity index (χ4v) is 2.48. The number of hydrogen-bond donors (Lipinski definition) is 1. The molecule has 0 unspecified atom stereocenters. The maximum Gasteiger partial charge on any atom is 0.144 e. The second-order valence-corrected chi connectivity index (χ2v) is 4.30. The zero-order chi connectivity index (χ0) is 10.3. The second kappa shape index (κ2) is 3.24. The van der Waals surface area contributed by atoms with Gasteiger partial charge in [0.2, 0.25) is 0 Å². The third kappa shape index (κ3) is 1.47. The third-order valence-corrected chi connectivity index (χ3v) is 3.29. The molecular weight excluding hydrogens is 211 g/mol. The first-order chi connectivity index (χ1) is 7.33. The first-order valence-electron chi connectivity index (χ1n) is 4.52. The fourth-order valence-electron chi connectivity index (χ4n) is 1.50. The minimum absolute atomic E-state index is 0.213. The highest BCUT2D eigenvalue weighted by atomic mass is 32.2. The zero-order valence-electron chi connectivity index (χ0n) is 7.70. The summed E-state index contributed by atoms with van der Waals surface area (Å²) in [6.45, 7) is 0. The average Bonchev–Trinajstić information content (AvgIpc) is 2.26. The molecule has 0 aliphatic carbocycles.